The molecule has 0 amide bonds. The Bertz CT molecular complexity index is 532. The Morgan fingerprint density at radius 2 is 1.81 bits per heavy atom. The first-order valence-electron chi connectivity index (χ1n) is 5.20. The normalized spacial score (nSPS) is 10.4. The maximum atomic E-state index is 13.2. The topological polar surface area (TPSA) is 26.0 Å². The van der Waals surface area contributed by atoms with Crippen LogP contribution in [-0.2, 0) is 0 Å². The second-order valence-electron chi connectivity index (χ2n) is 4.06. The van der Waals surface area contributed by atoms with E-state index in [9.17, 15) is 4.39 Å². The predicted octanol–water partition coefficient (Wildman–Crippen LogP) is 3.69. The number of anilines is 1. The van der Waals surface area contributed by atoms with Crippen LogP contribution in [0.25, 0.3) is 11.1 Å². The average molecular weight is 215 g/mol. The lowest BCUT2D eigenvalue weighted by molar-refractivity contribution is 0.631. The molecule has 0 saturated carbocycles. The van der Waals surface area contributed by atoms with Crippen molar-refractivity contribution in [1.82, 2.24) is 0 Å². The van der Waals surface area contributed by atoms with Gasteiger partial charge in [-0.25, -0.2) is 4.39 Å². The van der Waals surface area contributed by atoms with Crippen molar-refractivity contribution < 1.29 is 4.39 Å². The summed E-state index contributed by atoms with van der Waals surface area (Å²) in [6, 6.07) is 11.3. The van der Waals surface area contributed by atoms with E-state index in [1.54, 1.807) is 6.07 Å². The largest absolute Gasteiger partial charge is 0.396 e. The summed E-state index contributed by atoms with van der Waals surface area (Å²) in [4.78, 5) is 0. The van der Waals surface area contributed by atoms with Crippen molar-refractivity contribution in [2.75, 3.05) is 5.73 Å². The molecule has 0 aliphatic rings. The minimum Gasteiger partial charge on any atom is -0.396 e. The molecule has 0 heterocycles. The molecule has 2 aromatic rings. The van der Waals surface area contributed by atoms with Crippen molar-refractivity contribution in [2.24, 2.45) is 0 Å². The van der Waals surface area contributed by atoms with Gasteiger partial charge in [0.05, 0.1) is 5.69 Å². The number of halogens is 1. The Kier molecular flexibility index (Phi) is 2.65. The molecule has 0 spiro atoms. The monoisotopic (exact) mass is 215 g/mol. The van der Waals surface area contributed by atoms with E-state index in [0.717, 1.165) is 16.7 Å². The van der Waals surface area contributed by atoms with Crippen LogP contribution in [0.1, 0.15) is 11.1 Å². The van der Waals surface area contributed by atoms with Crippen molar-refractivity contribution in [2.45, 2.75) is 13.8 Å². The molecule has 1 nitrogen and oxygen atoms in total. The Balaban J connectivity index is 2.60. The molecule has 82 valence electrons. The van der Waals surface area contributed by atoms with Crippen LogP contribution in [0.15, 0.2) is 36.4 Å². The second kappa shape index (κ2) is 3.97. The summed E-state index contributed by atoms with van der Waals surface area (Å²) in [7, 11) is 0. The van der Waals surface area contributed by atoms with Crippen molar-refractivity contribution in [3.05, 3.63) is 53.3 Å². The number of nitrogens with two attached hydrogens (primary N) is 1. The van der Waals surface area contributed by atoms with Crippen molar-refractivity contribution >= 4 is 5.69 Å². The summed E-state index contributed by atoms with van der Waals surface area (Å²) in [6.07, 6.45) is 0. The highest BCUT2D eigenvalue weighted by Gasteiger charge is 2.06. The third-order valence-corrected chi connectivity index (χ3v) is 2.67. The fraction of sp³-hybridized carbons (Fsp3) is 0.143. The van der Waals surface area contributed by atoms with Gasteiger partial charge in [0, 0.05) is 0 Å². The van der Waals surface area contributed by atoms with E-state index in [1.165, 1.54) is 11.6 Å². The smallest absolute Gasteiger partial charge is 0.146 e. The fourth-order valence-corrected chi connectivity index (χ4v) is 1.81. The number of hydrogen-bond acceptors (Lipinski definition) is 1. The molecule has 2 rings (SSSR count). The summed E-state index contributed by atoms with van der Waals surface area (Å²) < 4.78 is 13.2. The van der Waals surface area contributed by atoms with E-state index in [1.807, 2.05) is 32.0 Å². The molecule has 0 fully saturated rings. The lowest BCUT2D eigenvalue weighted by Crippen LogP contribution is -1.94. The van der Waals surface area contributed by atoms with Gasteiger partial charge in [0.1, 0.15) is 5.82 Å². The van der Waals surface area contributed by atoms with Crippen LogP contribution >= 0.6 is 0 Å². The van der Waals surface area contributed by atoms with E-state index in [4.69, 9.17) is 5.73 Å². The molecule has 2 aromatic carbocycles. The highest BCUT2D eigenvalue weighted by molar-refractivity contribution is 5.71. The van der Waals surface area contributed by atoms with Crippen molar-refractivity contribution in [3.63, 3.8) is 0 Å². The molecule has 0 saturated heterocycles. The van der Waals surface area contributed by atoms with E-state index in [-0.39, 0.29) is 11.5 Å². The zero-order valence-corrected chi connectivity index (χ0v) is 9.42. The zero-order valence-electron chi connectivity index (χ0n) is 9.42. The van der Waals surface area contributed by atoms with Crippen LogP contribution in [0.3, 0.4) is 0 Å². The standard InChI is InChI=1S/C14H14FN/c1-9-4-3-5-11(6-9)12-8-14(16)13(15)7-10(12)2/h3-8H,16H2,1-2H3. The molecule has 0 radical (unpaired) electrons. The maximum Gasteiger partial charge on any atom is 0.146 e. The molecule has 0 aromatic heterocycles. The van der Waals surface area contributed by atoms with E-state index in [0.29, 0.717) is 0 Å². The van der Waals surface area contributed by atoms with Gasteiger partial charge in [0.2, 0.25) is 0 Å². The van der Waals surface area contributed by atoms with Gasteiger partial charge in [-0.15, -0.1) is 0 Å². The van der Waals surface area contributed by atoms with E-state index in [2.05, 4.69) is 6.07 Å². The summed E-state index contributed by atoms with van der Waals surface area (Å²) >= 11 is 0. The lowest BCUT2D eigenvalue weighted by atomic mass is 9.98. The molecule has 2 heteroatoms. The van der Waals surface area contributed by atoms with Gasteiger partial charge in [-0.1, -0.05) is 29.8 Å². The number of nitrogen functional groups attached to an aromatic ring is 1. The molecule has 0 aliphatic heterocycles. The maximum absolute atomic E-state index is 13.2. The molecule has 0 bridgehead atoms. The quantitative estimate of drug-likeness (QED) is 0.721. The summed E-state index contributed by atoms with van der Waals surface area (Å²) in [5.74, 6) is -0.353. The SMILES string of the molecule is Cc1cccc(-c2cc(N)c(F)cc2C)c1. The van der Waals surface area contributed by atoms with Crippen LogP contribution in [0.2, 0.25) is 0 Å². The van der Waals surface area contributed by atoms with Crippen LogP contribution in [0.4, 0.5) is 10.1 Å². The van der Waals surface area contributed by atoms with Crippen LogP contribution in [-0.4, -0.2) is 0 Å². The zero-order chi connectivity index (χ0) is 11.7. The Labute approximate surface area is 94.7 Å². The Morgan fingerprint density at radius 1 is 1.06 bits per heavy atom. The lowest BCUT2D eigenvalue weighted by Gasteiger charge is -2.09. The van der Waals surface area contributed by atoms with Gasteiger partial charge in [-0.05, 0) is 42.7 Å². The van der Waals surface area contributed by atoms with Gasteiger partial charge in [0.15, 0.2) is 0 Å². The molecule has 2 N–H and O–H groups in total. The molecular weight excluding hydrogens is 201 g/mol. The van der Waals surface area contributed by atoms with E-state index < -0.39 is 0 Å². The van der Waals surface area contributed by atoms with Gasteiger partial charge in [-0.3, -0.25) is 0 Å². The molecule has 0 atom stereocenters. The Morgan fingerprint density at radius 3 is 2.50 bits per heavy atom. The number of aryl methyl sites for hydroxylation is 2. The number of hydrogen-bond donors (Lipinski definition) is 1. The summed E-state index contributed by atoms with van der Waals surface area (Å²) in [5.41, 5.74) is 9.93. The van der Waals surface area contributed by atoms with E-state index >= 15 is 0 Å². The minimum absolute atomic E-state index is 0.196. The van der Waals surface area contributed by atoms with Crippen molar-refractivity contribution in [1.29, 1.82) is 0 Å². The van der Waals surface area contributed by atoms with Gasteiger partial charge >= 0.3 is 0 Å². The van der Waals surface area contributed by atoms with Crippen LogP contribution in [0, 0.1) is 19.7 Å². The van der Waals surface area contributed by atoms with Gasteiger partial charge < -0.3 is 5.73 Å². The highest BCUT2D eigenvalue weighted by atomic mass is 19.1. The molecule has 0 aliphatic carbocycles. The first kappa shape index (κ1) is 10.7. The predicted molar refractivity (Wildman–Crippen MR) is 65.7 cm³/mol. The summed E-state index contributed by atoms with van der Waals surface area (Å²) in [6.45, 7) is 3.92. The molecular formula is C14H14FN. The second-order valence-corrected chi connectivity index (χ2v) is 4.06. The average Bonchev–Trinajstić information content (AvgIpc) is 2.23. The summed E-state index contributed by atoms with van der Waals surface area (Å²) in [5, 5.41) is 0. The minimum atomic E-state index is -0.353. The van der Waals surface area contributed by atoms with Gasteiger partial charge in [-0.2, -0.15) is 0 Å². The molecule has 0 unspecified atom stereocenters. The van der Waals surface area contributed by atoms with Crippen LogP contribution < -0.4 is 5.73 Å². The van der Waals surface area contributed by atoms with Crippen LogP contribution in [0.5, 0.6) is 0 Å². The Hall–Kier alpha value is -1.83. The highest BCUT2D eigenvalue weighted by Crippen LogP contribution is 2.27. The number of benzene rings is 2. The number of rotatable bonds is 1. The van der Waals surface area contributed by atoms with Gasteiger partial charge in [0.25, 0.3) is 0 Å². The van der Waals surface area contributed by atoms with Crippen molar-refractivity contribution in [3.8, 4) is 11.1 Å². The third-order valence-electron chi connectivity index (χ3n) is 2.67. The first-order chi connectivity index (χ1) is 7.58. The first-order valence-corrected chi connectivity index (χ1v) is 5.20. The third kappa shape index (κ3) is 1.91. The fourth-order valence-electron chi connectivity index (χ4n) is 1.81. The molecule has 16 heavy (non-hydrogen) atoms.